The number of amides is 1. The van der Waals surface area contributed by atoms with E-state index in [0.717, 1.165) is 24.6 Å². The van der Waals surface area contributed by atoms with E-state index in [1.807, 2.05) is 31.2 Å². The summed E-state index contributed by atoms with van der Waals surface area (Å²) in [7, 11) is 0. The number of nitrogens with one attached hydrogen (secondary N) is 2. The SMILES string of the molecule is CCC(CNC(=O)CNCC1CC1)Oc1cccc(C)c1. The summed E-state index contributed by atoms with van der Waals surface area (Å²) in [6.07, 6.45) is 3.48. The van der Waals surface area contributed by atoms with E-state index in [1.165, 1.54) is 18.4 Å². The van der Waals surface area contributed by atoms with Crippen molar-refractivity contribution in [3.8, 4) is 5.75 Å². The molecule has 0 radical (unpaired) electrons. The van der Waals surface area contributed by atoms with E-state index < -0.39 is 0 Å². The van der Waals surface area contributed by atoms with Gasteiger partial charge in [-0.2, -0.15) is 0 Å². The first-order valence-corrected chi connectivity index (χ1v) is 7.88. The maximum Gasteiger partial charge on any atom is 0.234 e. The minimum atomic E-state index is 0.0131. The molecular weight excluding hydrogens is 264 g/mol. The summed E-state index contributed by atoms with van der Waals surface area (Å²) in [6, 6.07) is 8.00. The lowest BCUT2D eigenvalue weighted by atomic mass is 10.2. The topological polar surface area (TPSA) is 50.4 Å². The van der Waals surface area contributed by atoms with Gasteiger partial charge in [-0.05, 0) is 56.3 Å². The molecule has 1 aliphatic rings. The summed E-state index contributed by atoms with van der Waals surface area (Å²) in [5.74, 6) is 1.70. The number of carbonyl (C=O) groups excluding carboxylic acids is 1. The van der Waals surface area contributed by atoms with Crippen LogP contribution in [-0.4, -0.2) is 31.6 Å². The van der Waals surface area contributed by atoms with Gasteiger partial charge < -0.3 is 15.4 Å². The molecule has 0 aliphatic heterocycles. The van der Waals surface area contributed by atoms with Gasteiger partial charge in [-0.15, -0.1) is 0 Å². The largest absolute Gasteiger partial charge is 0.489 e. The Bertz CT molecular complexity index is 458. The molecule has 21 heavy (non-hydrogen) atoms. The Labute approximate surface area is 127 Å². The zero-order chi connectivity index (χ0) is 15.1. The molecular formula is C17H26N2O2. The lowest BCUT2D eigenvalue weighted by molar-refractivity contribution is -0.120. The van der Waals surface area contributed by atoms with E-state index in [2.05, 4.69) is 17.6 Å². The van der Waals surface area contributed by atoms with E-state index in [0.29, 0.717) is 13.1 Å². The molecule has 1 saturated carbocycles. The van der Waals surface area contributed by atoms with Crippen LogP contribution in [-0.2, 0) is 4.79 Å². The Morgan fingerprint density at radius 1 is 1.43 bits per heavy atom. The zero-order valence-electron chi connectivity index (χ0n) is 13.0. The number of hydrogen-bond acceptors (Lipinski definition) is 3. The second kappa shape index (κ2) is 8.03. The summed E-state index contributed by atoms with van der Waals surface area (Å²) in [5.41, 5.74) is 1.18. The molecule has 0 heterocycles. The first-order valence-electron chi connectivity index (χ1n) is 7.88. The minimum absolute atomic E-state index is 0.0131. The number of hydrogen-bond donors (Lipinski definition) is 2. The van der Waals surface area contributed by atoms with Crippen molar-refractivity contribution in [3.63, 3.8) is 0 Å². The molecule has 0 spiro atoms. The van der Waals surface area contributed by atoms with Gasteiger partial charge in [-0.1, -0.05) is 19.1 Å². The van der Waals surface area contributed by atoms with E-state index >= 15 is 0 Å². The first-order chi connectivity index (χ1) is 10.2. The molecule has 1 aliphatic carbocycles. The molecule has 1 atom stereocenters. The molecule has 1 aromatic rings. The third kappa shape index (κ3) is 6.17. The van der Waals surface area contributed by atoms with Crippen molar-refractivity contribution in [2.24, 2.45) is 5.92 Å². The highest BCUT2D eigenvalue weighted by molar-refractivity contribution is 5.77. The van der Waals surface area contributed by atoms with Gasteiger partial charge in [0.15, 0.2) is 0 Å². The predicted octanol–water partition coefficient (Wildman–Crippen LogP) is 2.27. The Morgan fingerprint density at radius 2 is 2.24 bits per heavy atom. The highest BCUT2D eigenvalue weighted by Crippen LogP contribution is 2.27. The molecule has 4 heteroatoms. The van der Waals surface area contributed by atoms with Crippen LogP contribution >= 0.6 is 0 Å². The average molecular weight is 290 g/mol. The molecule has 0 bridgehead atoms. The van der Waals surface area contributed by atoms with Crippen LogP contribution in [0.15, 0.2) is 24.3 Å². The van der Waals surface area contributed by atoms with Gasteiger partial charge in [0.05, 0.1) is 13.1 Å². The smallest absolute Gasteiger partial charge is 0.234 e. The lowest BCUT2D eigenvalue weighted by Gasteiger charge is -2.18. The quantitative estimate of drug-likeness (QED) is 0.733. The second-order valence-corrected chi connectivity index (χ2v) is 5.84. The summed E-state index contributed by atoms with van der Waals surface area (Å²) >= 11 is 0. The standard InChI is InChI=1S/C17H26N2O2/c1-3-15(21-16-6-4-5-13(2)9-16)11-19-17(20)12-18-10-14-7-8-14/h4-6,9,14-15,18H,3,7-8,10-12H2,1-2H3,(H,19,20). The van der Waals surface area contributed by atoms with E-state index in [1.54, 1.807) is 0 Å². The number of carbonyl (C=O) groups is 1. The molecule has 1 aromatic carbocycles. The van der Waals surface area contributed by atoms with Crippen molar-refractivity contribution in [1.82, 2.24) is 10.6 Å². The fourth-order valence-corrected chi connectivity index (χ4v) is 2.15. The van der Waals surface area contributed by atoms with Crippen LogP contribution in [0.1, 0.15) is 31.7 Å². The highest BCUT2D eigenvalue weighted by atomic mass is 16.5. The number of benzene rings is 1. The fourth-order valence-electron chi connectivity index (χ4n) is 2.15. The van der Waals surface area contributed by atoms with Crippen molar-refractivity contribution >= 4 is 5.91 Å². The van der Waals surface area contributed by atoms with Crippen LogP contribution in [0.3, 0.4) is 0 Å². The Balaban J connectivity index is 1.67. The molecule has 1 amide bonds. The van der Waals surface area contributed by atoms with E-state index in [-0.39, 0.29) is 12.0 Å². The van der Waals surface area contributed by atoms with Crippen molar-refractivity contribution in [3.05, 3.63) is 29.8 Å². The number of ether oxygens (including phenoxy) is 1. The monoisotopic (exact) mass is 290 g/mol. The van der Waals surface area contributed by atoms with Crippen LogP contribution in [0.5, 0.6) is 5.75 Å². The molecule has 1 fully saturated rings. The first kappa shape index (κ1) is 15.8. The molecule has 1 unspecified atom stereocenters. The van der Waals surface area contributed by atoms with Gasteiger partial charge in [-0.3, -0.25) is 4.79 Å². The summed E-state index contributed by atoms with van der Waals surface area (Å²) in [4.78, 5) is 11.7. The van der Waals surface area contributed by atoms with Crippen LogP contribution in [0, 0.1) is 12.8 Å². The summed E-state index contributed by atoms with van der Waals surface area (Å²) in [5, 5.41) is 6.13. The maximum absolute atomic E-state index is 11.7. The normalized spacial score (nSPS) is 15.5. The lowest BCUT2D eigenvalue weighted by Crippen LogP contribution is -2.40. The molecule has 0 saturated heterocycles. The van der Waals surface area contributed by atoms with Crippen molar-refractivity contribution in [1.29, 1.82) is 0 Å². The Morgan fingerprint density at radius 3 is 2.90 bits per heavy atom. The molecule has 2 N–H and O–H groups in total. The number of rotatable bonds is 9. The Hall–Kier alpha value is -1.55. The van der Waals surface area contributed by atoms with Crippen LogP contribution in [0.25, 0.3) is 0 Å². The van der Waals surface area contributed by atoms with Crippen LogP contribution < -0.4 is 15.4 Å². The third-order valence-electron chi connectivity index (χ3n) is 3.69. The summed E-state index contributed by atoms with van der Waals surface area (Å²) < 4.78 is 5.91. The van der Waals surface area contributed by atoms with Crippen LogP contribution in [0.2, 0.25) is 0 Å². The predicted molar refractivity (Wildman–Crippen MR) is 84.5 cm³/mol. The van der Waals surface area contributed by atoms with Gasteiger partial charge in [-0.25, -0.2) is 0 Å². The molecule has 0 aromatic heterocycles. The van der Waals surface area contributed by atoms with Gasteiger partial charge in [0.2, 0.25) is 5.91 Å². The molecule has 116 valence electrons. The van der Waals surface area contributed by atoms with Gasteiger partial charge in [0.25, 0.3) is 0 Å². The maximum atomic E-state index is 11.7. The van der Waals surface area contributed by atoms with E-state index in [9.17, 15) is 4.79 Å². The Kier molecular flexibility index (Phi) is 6.05. The zero-order valence-corrected chi connectivity index (χ0v) is 13.0. The van der Waals surface area contributed by atoms with Crippen molar-refractivity contribution in [2.75, 3.05) is 19.6 Å². The average Bonchev–Trinajstić information content (AvgIpc) is 3.27. The van der Waals surface area contributed by atoms with Crippen molar-refractivity contribution < 1.29 is 9.53 Å². The van der Waals surface area contributed by atoms with Gasteiger partial charge in [0, 0.05) is 0 Å². The highest BCUT2D eigenvalue weighted by Gasteiger charge is 2.20. The van der Waals surface area contributed by atoms with Gasteiger partial charge in [0.1, 0.15) is 11.9 Å². The van der Waals surface area contributed by atoms with Crippen molar-refractivity contribution in [2.45, 2.75) is 39.2 Å². The molecule has 2 rings (SSSR count). The van der Waals surface area contributed by atoms with E-state index in [4.69, 9.17) is 4.74 Å². The minimum Gasteiger partial charge on any atom is -0.489 e. The van der Waals surface area contributed by atoms with Gasteiger partial charge >= 0.3 is 0 Å². The molecule has 4 nitrogen and oxygen atoms in total. The second-order valence-electron chi connectivity index (χ2n) is 5.84. The van der Waals surface area contributed by atoms with Crippen LogP contribution in [0.4, 0.5) is 0 Å². The summed E-state index contributed by atoms with van der Waals surface area (Å²) in [6.45, 7) is 6.02. The number of aryl methyl sites for hydroxylation is 1. The third-order valence-corrected chi connectivity index (χ3v) is 3.69. The fraction of sp³-hybridized carbons (Fsp3) is 0.588.